The predicted octanol–water partition coefficient (Wildman–Crippen LogP) is 4.50. The maximum Gasteiger partial charge on any atom is 0.359 e. The van der Waals surface area contributed by atoms with Crippen molar-refractivity contribution in [3.63, 3.8) is 0 Å². The number of nitrogens with one attached hydrogen (secondary N) is 1. The molecule has 0 fully saturated rings. The number of hydrogen-bond donors (Lipinski definition) is 1. The zero-order chi connectivity index (χ0) is 24.4. The predicted molar refractivity (Wildman–Crippen MR) is 132 cm³/mol. The minimum Gasteiger partial charge on any atom is -0.497 e. The van der Waals surface area contributed by atoms with Gasteiger partial charge in [-0.25, -0.2) is 4.79 Å². The summed E-state index contributed by atoms with van der Waals surface area (Å²) in [5.74, 6) is -0.516. The van der Waals surface area contributed by atoms with Gasteiger partial charge >= 0.3 is 5.97 Å². The molecule has 4 aromatic rings. The van der Waals surface area contributed by atoms with E-state index in [4.69, 9.17) is 9.47 Å². The molecule has 4 rings (SSSR count). The molecule has 0 atom stereocenters. The van der Waals surface area contributed by atoms with Crippen molar-refractivity contribution in [3.8, 4) is 11.4 Å². The van der Waals surface area contributed by atoms with Crippen LogP contribution in [0.25, 0.3) is 16.5 Å². The highest BCUT2D eigenvalue weighted by Gasteiger charge is 2.23. The van der Waals surface area contributed by atoms with Crippen molar-refractivity contribution >= 4 is 39.0 Å². The molecule has 1 amide bonds. The number of methoxy groups -OCH3 is 1. The van der Waals surface area contributed by atoms with Crippen LogP contribution in [0.2, 0.25) is 0 Å². The first-order chi connectivity index (χ1) is 16.3. The fourth-order valence-electron chi connectivity index (χ4n) is 3.46. The van der Waals surface area contributed by atoms with Gasteiger partial charge in [-0.05, 0) is 62.2 Å². The molecule has 0 aliphatic rings. The number of nitrogens with zero attached hydrogens (tertiary/aromatic N) is 2. The number of fused-ring (bicyclic) bond motifs is 1. The Kier molecular flexibility index (Phi) is 6.47. The second kappa shape index (κ2) is 9.48. The van der Waals surface area contributed by atoms with Crippen molar-refractivity contribution in [2.45, 2.75) is 20.8 Å². The molecule has 34 heavy (non-hydrogen) atoms. The molecule has 174 valence electrons. The van der Waals surface area contributed by atoms with Gasteiger partial charge in [0.05, 0.1) is 24.8 Å². The highest BCUT2D eigenvalue weighted by molar-refractivity contribution is 7.16. The van der Waals surface area contributed by atoms with E-state index < -0.39 is 17.4 Å². The van der Waals surface area contributed by atoms with E-state index in [9.17, 15) is 14.4 Å². The molecule has 2 heterocycles. The molecule has 1 N–H and O–H groups in total. The lowest BCUT2D eigenvalue weighted by Gasteiger charge is -2.11. The minimum absolute atomic E-state index is 0.00723. The fourth-order valence-corrected chi connectivity index (χ4v) is 4.40. The number of hydrogen-bond acceptors (Lipinski definition) is 7. The number of carbonyl (C=O) groups excluding carboxylic acids is 2. The summed E-state index contributed by atoms with van der Waals surface area (Å²) in [6, 6.07) is 12.2. The van der Waals surface area contributed by atoms with Crippen molar-refractivity contribution in [1.29, 1.82) is 0 Å². The van der Waals surface area contributed by atoms with E-state index in [2.05, 4.69) is 10.4 Å². The number of thiophene rings is 1. The van der Waals surface area contributed by atoms with Gasteiger partial charge < -0.3 is 14.8 Å². The minimum atomic E-state index is -0.645. The topological polar surface area (TPSA) is 99.5 Å². The van der Waals surface area contributed by atoms with E-state index in [0.29, 0.717) is 27.4 Å². The van der Waals surface area contributed by atoms with Gasteiger partial charge in [0.25, 0.3) is 11.5 Å². The van der Waals surface area contributed by atoms with Gasteiger partial charge in [-0.15, -0.1) is 11.3 Å². The lowest BCUT2D eigenvalue weighted by molar-refractivity contribution is 0.0520. The number of esters is 1. The van der Waals surface area contributed by atoms with Crippen LogP contribution in [-0.2, 0) is 4.74 Å². The number of benzene rings is 2. The van der Waals surface area contributed by atoms with Gasteiger partial charge in [-0.3, -0.25) is 9.59 Å². The van der Waals surface area contributed by atoms with E-state index >= 15 is 0 Å². The molecule has 8 nitrogen and oxygen atoms in total. The van der Waals surface area contributed by atoms with Crippen LogP contribution in [0.15, 0.2) is 52.6 Å². The average molecular weight is 478 g/mol. The van der Waals surface area contributed by atoms with E-state index in [-0.39, 0.29) is 17.7 Å². The Morgan fingerprint density at radius 2 is 1.91 bits per heavy atom. The Balaban J connectivity index is 1.88. The third-order valence-electron chi connectivity index (χ3n) is 5.42. The molecule has 9 heteroatoms. The Hall–Kier alpha value is -3.98. The van der Waals surface area contributed by atoms with Crippen molar-refractivity contribution in [2.24, 2.45) is 0 Å². The molecule has 0 spiro atoms. The maximum atomic E-state index is 13.5. The SMILES string of the molecule is CCOC(=O)c1nn(-c2ccc(C)c(C)c2)c(=O)c2c(NC(=O)c3cccc(OC)c3)scc12. The second-order valence-electron chi connectivity index (χ2n) is 7.59. The summed E-state index contributed by atoms with van der Waals surface area (Å²) in [5.41, 5.74) is 2.47. The highest BCUT2D eigenvalue weighted by Crippen LogP contribution is 2.31. The molecular formula is C25H23N3O5S. The molecule has 0 aliphatic heterocycles. The average Bonchev–Trinajstić information content (AvgIpc) is 3.25. The molecule has 0 saturated heterocycles. The standard InChI is InChI=1S/C25H23N3O5S/c1-5-33-25(31)21-19-13-34-23(26-22(29)16-7-6-8-18(12-16)32-4)20(19)24(30)28(27-21)17-10-9-14(2)15(3)11-17/h6-13H,5H2,1-4H3,(H,26,29). The summed E-state index contributed by atoms with van der Waals surface area (Å²) in [6.07, 6.45) is 0. The Morgan fingerprint density at radius 3 is 2.62 bits per heavy atom. The quantitative estimate of drug-likeness (QED) is 0.411. The van der Waals surface area contributed by atoms with Crippen LogP contribution in [0.5, 0.6) is 5.75 Å². The first-order valence-corrected chi connectivity index (χ1v) is 11.5. The van der Waals surface area contributed by atoms with Crippen molar-refractivity contribution in [3.05, 3.63) is 80.6 Å². The first kappa shape index (κ1) is 23.2. The number of anilines is 1. The molecular weight excluding hydrogens is 454 g/mol. The number of rotatable bonds is 6. The van der Waals surface area contributed by atoms with Gasteiger partial charge in [0.2, 0.25) is 0 Å². The van der Waals surface area contributed by atoms with E-state index in [1.807, 2.05) is 26.0 Å². The second-order valence-corrected chi connectivity index (χ2v) is 8.47. The summed E-state index contributed by atoms with van der Waals surface area (Å²) >= 11 is 1.14. The smallest absolute Gasteiger partial charge is 0.359 e. The monoisotopic (exact) mass is 477 g/mol. The van der Waals surface area contributed by atoms with Crippen LogP contribution in [0.1, 0.15) is 38.9 Å². The zero-order valence-corrected chi connectivity index (χ0v) is 20.0. The number of aromatic nitrogens is 2. The molecule has 0 bridgehead atoms. The summed E-state index contributed by atoms with van der Waals surface area (Å²) in [5, 5.41) is 9.61. The Labute approximate surface area is 199 Å². The van der Waals surface area contributed by atoms with Gasteiger partial charge in [-0.1, -0.05) is 12.1 Å². The van der Waals surface area contributed by atoms with Crippen LogP contribution in [0.4, 0.5) is 5.00 Å². The normalized spacial score (nSPS) is 10.8. The van der Waals surface area contributed by atoms with E-state index in [1.54, 1.807) is 42.6 Å². The zero-order valence-electron chi connectivity index (χ0n) is 19.2. The van der Waals surface area contributed by atoms with E-state index in [1.165, 1.54) is 11.8 Å². The van der Waals surface area contributed by atoms with Gasteiger partial charge in [0, 0.05) is 16.3 Å². The molecule has 2 aromatic carbocycles. The third-order valence-corrected chi connectivity index (χ3v) is 6.31. The van der Waals surface area contributed by atoms with Crippen LogP contribution in [-0.4, -0.2) is 35.4 Å². The number of carbonyl (C=O) groups is 2. The largest absolute Gasteiger partial charge is 0.497 e. The van der Waals surface area contributed by atoms with Crippen LogP contribution >= 0.6 is 11.3 Å². The fraction of sp³-hybridized carbons (Fsp3) is 0.200. The van der Waals surface area contributed by atoms with Crippen LogP contribution < -0.4 is 15.6 Å². The Morgan fingerprint density at radius 1 is 1.12 bits per heavy atom. The van der Waals surface area contributed by atoms with Crippen molar-refractivity contribution in [1.82, 2.24) is 9.78 Å². The number of aryl methyl sites for hydroxylation is 2. The van der Waals surface area contributed by atoms with Crippen LogP contribution in [0, 0.1) is 13.8 Å². The molecule has 0 aliphatic carbocycles. The van der Waals surface area contributed by atoms with E-state index in [0.717, 1.165) is 22.5 Å². The lowest BCUT2D eigenvalue weighted by Crippen LogP contribution is -2.25. The summed E-state index contributed by atoms with van der Waals surface area (Å²) < 4.78 is 11.5. The Bertz CT molecular complexity index is 1470. The maximum absolute atomic E-state index is 13.5. The van der Waals surface area contributed by atoms with Gasteiger partial charge in [0.1, 0.15) is 10.8 Å². The van der Waals surface area contributed by atoms with Gasteiger partial charge in [-0.2, -0.15) is 9.78 Å². The first-order valence-electron chi connectivity index (χ1n) is 10.6. The van der Waals surface area contributed by atoms with Gasteiger partial charge in [0.15, 0.2) is 5.69 Å². The number of ether oxygens (including phenoxy) is 2. The third kappa shape index (κ3) is 4.29. The summed E-state index contributed by atoms with van der Waals surface area (Å²) in [6.45, 7) is 5.75. The highest BCUT2D eigenvalue weighted by atomic mass is 32.1. The molecule has 0 radical (unpaired) electrons. The van der Waals surface area contributed by atoms with Crippen LogP contribution in [0.3, 0.4) is 0 Å². The lowest BCUT2D eigenvalue weighted by atomic mass is 10.1. The van der Waals surface area contributed by atoms with Crippen molar-refractivity contribution in [2.75, 3.05) is 19.0 Å². The molecule has 0 unspecified atom stereocenters. The summed E-state index contributed by atoms with van der Waals surface area (Å²) in [4.78, 5) is 39.2. The van der Waals surface area contributed by atoms with Crippen molar-refractivity contribution < 1.29 is 19.1 Å². The molecule has 0 saturated carbocycles. The number of amides is 1. The summed E-state index contributed by atoms with van der Waals surface area (Å²) in [7, 11) is 1.52. The molecule has 2 aromatic heterocycles.